The molecular formula is C21H32N2O3. The van der Waals surface area contributed by atoms with Gasteiger partial charge in [0.15, 0.2) is 0 Å². The third-order valence-electron chi connectivity index (χ3n) is 4.94. The molecular weight excluding hydrogens is 328 g/mol. The lowest BCUT2D eigenvalue weighted by atomic mass is 9.99. The number of morpholine rings is 1. The van der Waals surface area contributed by atoms with Crippen molar-refractivity contribution in [3.8, 4) is 0 Å². The summed E-state index contributed by atoms with van der Waals surface area (Å²) < 4.78 is 5.94. The van der Waals surface area contributed by atoms with Gasteiger partial charge < -0.3 is 14.7 Å². The lowest BCUT2D eigenvalue weighted by Crippen LogP contribution is -2.57. The summed E-state index contributed by atoms with van der Waals surface area (Å²) in [6.07, 6.45) is 1.71. The highest BCUT2D eigenvalue weighted by molar-refractivity contribution is 5.94. The Morgan fingerprint density at radius 1 is 1.46 bits per heavy atom. The van der Waals surface area contributed by atoms with Gasteiger partial charge in [-0.15, -0.1) is 6.58 Å². The summed E-state index contributed by atoms with van der Waals surface area (Å²) in [4.78, 5) is 17.0. The number of nitrogens with zero attached hydrogens (tertiary/aromatic N) is 2. The van der Waals surface area contributed by atoms with Gasteiger partial charge in [-0.25, -0.2) is 0 Å². The van der Waals surface area contributed by atoms with E-state index in [0.29, 0.717) is 37.7 Å². The van der Waals surface area contributed by atoms with E-state index in [2.05, 4.69) is 25.3 Å². The molecule has 1 aliphatic rings. The third kappa shape index (κ3) is 5.16. The van der Waals surface area contributed by atoms with Gasteiger partial charge in [0.25, 0.3) is 5.91 Å². The smallest absolute Gasteiger partial charge is 0.253 e. The number of aliphatic hydroxyl groups is 1. The molecule has 1 aromatic carbocycles. The van der Waals surface area contributed by atoms with Crippen molar-refractivity contribution in [1.82, 2.24) is 9.80 Å². The first-order valence-electron chi connectivity index (χ1n) is 9.35. The number of aliphatic hydroxyl groups excluding tert-OH is 1. The maximum absolute atomic E-state index is 12.9. The van der Waals surface area contributed by atoms with E-state index in [1.165, 1.54) is 0 Å². The van der Waals surface area contributed by atoms with Crippen molar-refractivity contribution in [2.24, 2.45) is 5.92 Å². The zero-order valence-electron chi connectivity index (χ0n) is 16.2. The molecule has 1 amide bonds. The maximum Gasteiger partial charge on any atom is 0.253 e. The number of amides is 1. The number of hydrogen-bond donors (Lipinski definition) is 1. The first-order valence-corrected chi connectivity index (χ1v) is 9.35. The lowest BCUT2D eigenvalue weighted by Gasteiger charge is -2.44. The number of ether oxygens (including phenoxy) is 1. The molecule has 1 aliphatic heterocycles. The van der Waals surface area contributed by atoms with Gasteiger partial charge in [-0.05, 0) is 25.0 Å². The average Bonchev–Trinajstić information content (AvgIpc) is 2.67. The Morgan fingerprint density at radius 3 is 2.73 bits per heavy atom. The largest absolute Gasteiger partial charge is 0.394 e. The maximum atomic E-state index is 12.9. The van der Waals surface area contributed by atoms with Crippen LogP contribution in [0.1, 0.15) is 31.1 Å². The van der Waals surface area contributed by atoms with Crippen LogP contribution in [0.15, 0.2) is 43.0 Å². The topological polar surface area (TPSA) is 53.0 Å². The van der Waals surface area contributed by atoms with Crippen molar-refractivity contribution in [2.45, 2.75) is 32.4 Å². The van der Waals surface area contributed by atoms with Crippen LogP contribution in [0.3, 0.4) is 0 Å². The molecule has 2 unspecified atom stereocenters. The number of benzene rings is 1. The Hall–Kier alpha value is -1.69. The summed E-state index contributed by atoms with van der Waals surface area (Å²) in [5, 5.41) is 9.74. The van der Waals surface area contributed by atoms with E-state index in [1.54, 1.807) is 6.08 Å². The van der Waals surface area contributed by atoms with Gasteiger partial charge in [-0.3, -0.25) is 9.69 Å². The van der Waals surface area contributed by atoms with Gasteiger partial charge >= 0.3 is 0 Å². The van der Waals surface area contributed by atoms with E-state index >= 15 is 0 Å². The summed E-state index contributed by atoms with van der Waals surface area (Å²) in [6, 6.07) is 9.39. The fourth-order valence-corrected chi connectivity index (χ4v) is 3.28. The van der Waals surface area contributed by atoms with E-state index in [9.17, 15) is 9.90 Å². The Balaban J connectivity index is 2.10. The molecule has 1 saturated heterocycles. The quantitative estimate of drug-likeness (QED) is 0.724. The molecule has 5 heteroatoms. The number of rotatable bonds is 8. The Bertz CT molecular complexity index is 590. The van der Waals surface area contributed by atoms with Crippen molar-refractivity contribution in [3.63, 3.8) is 0 Å². The SMILES string of the molecule is C=CC(C)(CO)N1CCOC(CN(CC(C)C)C(=O)c2ccccc2)C1. The van der Waals surface area contributed by atoms with Gasteiger partial charge in [0, 0.05) is 31.7 Å². The van der Waals surface area contributed by atoms with E-state index in [0.717, 1.165) is 6.54 Å². The highest BCUT2D eigenvalue weighted by atomic mass is 16.5. The van der Waals surface area contributed by atoms with Crippen LogP contribution >= 0.6 is 0 Å². The second-order valence-electron chi connectivity index (χ2n) is 7.63. The van der Waals surface area contributed by atoms with E-state index in [4.69, 9.17) is 4.74 Å². The van der Waals surface area contributed by atoms with Crippen LogP contribution in [0, 0.1) is 5.92 Å². The minimum absolute atomic E-state index is 0.0157. The minimum atomic E-state index is -0.464. The second-order valence-corrected chi connectivity index (χ2v) is 7.63. The lowest BCUT2D eigenvalue weighted by molar-refractivity contribution is -0.0730. The normalized spacial score (nSPS) is 20.6. The molecule has 0 bridgehead atoms. The van der Waals surface area contributed by atoms with Gasteiger partial charge in [-0.1, -0.05) is 38.1 Å². The van der Waals surface area contributed by atoms with Gasteiger partial charge in [0.05, 0.1) is 24.9 Å². The number of hydrogen-bond acceptors (Lipinski definition) is 4. The zero-order valence-corrected chi connectivity index (χ0v) is 16.2. The van der Waals surface area contributed by atoms with Crippen LogP contribution in [0.5, 0.6) is 0 Å². The first-order chi connectivity index (χ1) is 12.4. The Labute approximate surface area is 157 Å². The molecule has 0 aromatic heterocycles. The van der Waals surface area contributed by atoms with E-state index < -0.39 is 5.54 Å². The van der Waals surface area contributed by atoms with E-state index in [1.807, 2.05) is 42.2 Å². The first kappa shape index (κ1) is 20.6. The number of carbonyl (C=O) groups excluding carboxylic acids is 1. The molecule has 0 spiro atoms. The molecule has 1 fully saturated rings. The van der Waals surface area contributed by atoms with Crippen LogP contribution in [0.4, 0.5) is 0 Å². The van der Waals surface area contributed by atoms with Crippen molar-refractivity contribution >= 4 is 5.91 Å². The van der Waals surface area contributed by atoms with Crippen molar-refractivity contribution in [3.05, 3.63) is 48.6 Å². The molecule has 2 atom stereocenters. The molecule has 2 rings (SSSR count). The van der Waals surface area contributed by atoms with Gasteiger partial charge in [0.1, 0.15) is 0 Å². The molecule has 1 N–H and O–H groups in total. The highest BCUT2D eigenvalue weighted by Gasteiger charge is 2.34. The van der Waals surface area contributed by atoms with Gasteiger partial charge in [0.2, 0.25) is 0 Å². The predicted molar refractivity (Wildman–Crippen MR) is 104 cm³/mol. The summed E-state index contributed by atoms with van der Waals surface area (Å²) in [6.45, 7) is 13.3. The summed E-state index contributed by atoms with van der Waals surface area (Å²) in [5.74, 6) is 0.409. The number of carbonyl (C=O) groups is 1. The molecule has 0 radical (unpaired) electrons. The summed E-state index contributed by atoms with van der Waals surface area (Å²) in [7, 11) is 0. The van der Waals surface area contributed by atoms with E-state index in [-0.39, 0.29) is 18.6 Å². The molecule has 0 aliphatic carbocycles. The summed E-state index contributed by atoms with van der Waals surface area (Å²) >= 11 is 0. The van der Waals surface area contributed by atoms with Gasteiger partial charge in [-0.2, -0.15) is 0 Å². The monoisotopic (exact) mass is 360 g/mol. The Morgan fingerprint density at radius 2 is 2.15 bits per heavy atom. The standard InChI is InChI=1S/C21H32N2O3/c1-5-21(4,16-24)23-11-12-26-19(15-23)14-22(13-17(2)3)20(25)18-9-7-6-8-10-18/h5-10,17,19,24H,1,11-16H2,2-4H3. The van der Waals surface area contributed by atoms with Crippen LogP contribution in [-0.2, 0) is 4.74 Å². The van der Waals surface area contributed by atoms with Crippen molar-refractivity contribution in [1.29, 1.82) is 0 Å². The minimum Gasteiger partial charge on any atom is -0.394 e. The third-order valence-corrected chi connectivity index (χ3v) is 4.94. The molecule has 5 nitrogen and oxygen atoms in total. The predicted octanol–water partition coefficient (Wildman–Crippen LogP) is 2.42. The fraction of sp³-hybridized carbons (Fsp3) is 0.571. The molecule has 1 aromatic rings. The van der Waals surface area contributed by atoms with Crippen LogP contribution in [0.2, 0.25) is 0 Å². The average molecular weight is 360 g/mol. The fourth-order valence-electron chi connectivity index (χ4n) is 3.28. The Kier molecular flexibility index (Phi) is 7.38. The molecule has 26 heavy (non-hydrogen) atoms. The van der Waals surface area contributed by atoms with Crippen molar-refractivity contribution < 1.29 is 14.6 Å². The van der Waals surface area contributed by atoms with Crippen LogP contribution < -0.4 is 0 Å². The molecule has 144 valence electrons. The molecule has 0 saturated carbocycles. The van der Waals surface area contributed by atoms with Crippen molar-refractivity contribution in [2.75, 3.05) is 39.4 Å². The summed E-state index contributed by atoms with van der Waals surface area (Å²) in [5.41, 5.74) is 0.237. The highest BCUT2D eigenvalue weighted by Crippen LogP contribution is 2.21. The second kappa shape index (κ2) is 9.31. The van der Waals surface area contributed by atoms with Crippen LogP contribution in [-0.4, -0.2) is 71.8 Å². The zero-order chi connectivity index (χ0) is 19.2. The molecule has 1 heterocycles. The van der Waals surface area contributed by atoms with Crippen LogP contribution in [0.25, 0.3) is 0 Å².